The number of alkyl halides is 2. The van der Waals surface area contributed by atoms with Crippen LogP contribution >= 0.6 is 11.3 Å². The van der Waals surface area contributed by atoms with Crippen molar-refractivity contribution in [3.8, 4) is 0 Å². The Morgan fingerprint density at radius 2 is 2.00 bits per heavy atom. The van der Waals surface area contributed by atoms with Gasteiger partial charge in [0.2, 0.25) is 5.92 Å². The van der Waals surface area contributed by atoms with Crippen molar-refractivity contribution in [3.05, 3.63) is 16.5 Å². The highest BCUT2D eigenvalue weighted by Crippen LogP contribution is 2.35. The minimum atomic E-state index is -2.50. The summed E-state index contributed by atoms with van der Waals surface area (Å²) >= 11 is 1.39. The lowest BCUT2D eigenvalue weighted by Gasteiger charge is -2.11. The standard InChI is InChI=1S/C9H10F2NS/c10-9(11)3-1-6-5-8(12)13-7(6)2-4-9/h1-4,12H2. The molecule has 0 atom stereocenters. The Morgan fingerprint density at radius 3 is 2.77 bits per heavy atom. The highest BCUT2D eigenvalue weighted by Gasteiger charge is 2.31. The van der Waals surface area contributed by atoms with Crippen LogP contribution in [0, 0.1) is 6.07 Å². The topological polar surface area (TPSA) is 26.0 Å². The maximum absolute atomic E-state index is 13.0. The number of rotatable bonds is 0. The molecule has 2 rings (SSSR count). The van der Waals surface area contributed by atoms with Gasteiger partial charge in [-0.3, -0.25) is 0 Å². The van der Waals surface area contributed by atoms with Gasteiger partial charge >= 0.3 is 0 Å². The number of hydrogen-bond donors (Lipinski definition) is 1. The molecule has 0 spiro atoms. The van der Waals surface area contributed by atoms with E-state index in [9.17, 15) is 8.78 Å². The van der Waals surface area contributed by atoms with E-state index in [0.29, 0.717) is 17.8 Å². The Bertz CT molecular complexity index is 292. The van der Waals surface area contributed by atoms with Crippen molar-refractivity contribution in [1.82, 2.24) is 0 Å². The number of fused-ring (bicyclic) bond motifs is 1. The molecular weight excluding hydrogens is 192 g/mol. The molecule has 0 amide bonds. The van der Waals surface area contributed by atoms with Crippen molar-refractivity contribution in [1.29, 1.82) is 0 Å². The molecule has 1 aromatic heterocycles. The lowest BCUT2D eigenvalue weighted by Crippen LogP contribution is -2.15. The van der Waals surface area contributed by atoms with Crippen molar-refractivity contribution < 1.29 is 8.78 Å². The monoisotopic (exact) mass is 202 g/mol. The average molecular weight is 202 g/mol. The fourth-order valence-electron chi connectivity index (χ4n) is 1.57. The van der Waals surface area contributed by atoms with Crippen molar-refractivity contribution in [2.24, 2.45) is 0 Å². The zero-order valence-electron chi connectivity index (χ0n) is 7.07. The largest absolute Gasteiger partial charge is 0.390 e. The quantitative estimate of drug-likeness (QED) is 0.643. The molecule has 1 nitrogen and oxygen atoms in total. The molecular formula is C9H10F2NS. The minimum Gasteiger partial charge on any atom is -0.390 e. The van der Waals surface area contributed by atoms with Gasteiger partial charge in [0.15, 0.2) is 0 Å². The van der Waals surface area contributed by atoms with Gasteiger partial charge in [0.05, 0.1) is 5.00 Å². The molecule has 71 valence electrons. The summed E-state index contributed by atoms with van der Waals surface area (Å²) in [6.45, 7) is 0. The van der Waals surface area contributed by atoms with Crippen LogP contribution in [-0.2, 0) is 12.8 Å². The van der Waals surface area contributed by atoms with Gasteiger partial charge in [-0.2, -0.15) is 0 Å². The SMILES string of the molecule is Nc1[c]c2c(s1)CCC(F)(F)CC2. The molecule has 1 aliphatic rings. The summed E-state index contributed by atoms with van der Waals surface area (Å²) in [4.78, 5) is 0.995. The second-order valence-electron chi connectivity index (χ2n) is 3.35. The zero-order chi connectivity index (χ0) is 9.47. The maximum atomic E-state index is 13.0. The number of halogens is 2. The third-order valence-corrected chi connectivity index (χ3v) is 3.32. The van der Waals surface area contributed by atoms with Crippen LogP contribution in [0.4, 0.5) is 13.8 Å². The van der Waals surface area contributed by atoms with E-state index in [0.717, 1.165) is 10.4 Å². The fraction of sp³-hybridized carbons (Fsp3) is 0.556. The second-order valence-corrected chi connectivity index (χ2v) is 4.49. The summed E-state index contributed by atoms with van der Waals surface area (Å²) in [6, 6.07) is 2.94. The number of hydrogen-bond acceptors (Lipinski definition) is 2. The van der Waals surface area contributed by atoms with Gasteiger partial charge in [-0.15, -0.1) is 11.3 Å². The van der Waals surface area contributed by atoms with Crippen LogP contribution in [0.3, 0.4) is 0 Å². The molecule has 0 saturated heterocycles. The van der Waals surface area contributed by atoms with E-state index in [4.69, 9.17) is 5.73 Å². The predicted octanol–water partition coefficient (Wildman–Crippen LogP) is 2.64. The van der Waals surface area contributed by atoms with Crippen LogP contribution in [0.25, 0.3) is 0 Å². The van der Waals surface area contributed by atoms with Gasteiger partial charge in [-0.25, -0.2) is 8.78 Å². The lowest BCUT2D eigenvalue weighted by molar-refractivity contribution is -0.0129. The molecule has 2 N–H and O–H groups in total. The van der Waals surface area contributed by atoms with Crippen LogP contribution in [0.2, 0.25) is 0 Å². The van der Waals surface area contributed by atoms with E-state index >= 15 is 0 Å². The molecule has 0 aliphatic heterocycles. The maximum Gasteiger partial charge on any atom is 0.248 e. The van der Waals surface area contributed by atoms with Crippen LogP contribution in [0.5, 0.6) is 0 Å². The first kappa shape index (κ1) is 8.94. The minimum absolute atomic E-state index is 0.0478. The van der Waals surface area contributed by atoms with Crippen LogP contribution in [0.15, 0.2) is 0 Å². The first-order chi connectivity index (χ1) is 6.07. The van der Waals surface area contributed by atoms with Crippen LogP contribution in [0.1, 0.15) is 23.3 Å². The Labute approximate surface area is 79.6 Å². The van der Waals surface area contributed by atoms with E-state index < -0.39 is 5.92 Å². The molecule has 0 aromatic carbocycles. The van der Waals surface area contributed by atoms with Crippen LogP contribution in [-0.4, -0.2) is 5.92 Å². The van der Waals surface area contributed by atoms with E-state index in [2.05, 4.69) is 6.07 Å². The van der Waals surface area contributed by atoms with Gasteiger partial charge < -0.3 is 5.73 Å². The summed E-state index contributed by atoms with van der Waals surface area (Å²) in [6.07, 6.45) is 0.747. The summed E-state index contributed by atoms with van der Waals surface area (Å²) in [5.41, 5.74) is 6.45. The Morgan fingerprint density at radius 1 is 1.31 bits per heavy atom. The van der Waals surface area contributed by atoms with Crippen molar-refractivity contribution in [2.75, 3.05) is 5.73 Å². The molecule has 0 fully saturated rings. The molecule has 0 unspecified atom stereocenters. The van der Waals surface area contributed by atoms with Crippen LogP contribution < -0.4 is 5.73 Å². The summed E-state index contributed by atoms with van der Waals surface area (Å²) in [5, 5.41) is 0.621. The van der Waals surface area contributed by atoms with E-state index in [1.54, 1.807) is 0 Å². The second kappa shape index (κ2) is 2.94. The van der Waals surface area contributed by atoms with Gasteiger partial charge in [-0.1, -0.05) is 0 Å². The first-order valence-electron chi connectivity index (χ1n) is 4.24. The van der Waals surface area contributed by atoms with E-state index in [-0.39, 0.29) is 12.8 Å². The average Bonchev–Trinajstić information content (AvgIpc) is 2.34. The molecule has 0 saturated carbocycles. The Kier molecular flexibility index (Phi) is 2.02. The Balaban J connectivity index is 2.24. The molecule has 0 bridgehead atoms. The van der Waals surface area contributed by atoms with Gasteiger partial charge in [0.25, 0.3) is 0 Å². The third kappa shape index (κ3) is 1.82. The Hall–Kier alpha value is -0.640. The highest BCUT2D eigenvalue weighted by atomic mass is 32.1. The van der Waals surface area contributed by atoms with Gasteiger partial charge in [-0.05, 0) is 18.4 Å². The smallest absolute Gasteiger partial charge is 0.248 e. The van der Waals surface area contributed by atoms with Gasteiger partial charge in [0.1, 0.15) is 0 Å². The fourth-order valence-corrected chi connectivity index (χ4v) is 2.49. The normalized spacial score (nSPS) is 20.8. The number of anilines is 1. The number of nitrogens with two attached hydrogens (primary N) is 1. The molecule has 1 aromatic rings. The molecule has 1 heterocycles. The lowest BCUT2D eigenvalue weighted by atomic mass is 10.1. The zero-order valence-corrected chi connectivity index (χ0v) is 7.89. The molecule has 1 aliphatic carbocycles. The predicted molar refractivity (Wildman–Crippen MR) is 49.2 cm³/mol. The van der Waals surface area contributed by atoms with E-state index in [1.807, 2.05) is 0 Å². The molecule has 13 heavy (non-hydrogen) atoms. The number of nitrogen functional groups attached to an aromatic ring is 1. The van der Waals surface area contributed by atoms with Crippen molar-refractivity contribution in [2.45, 2.75) is 31.6 Å². The number of aryl methyl sites for hydroxylation is 2. The summed E-state index contributed by atoms with van der Waals surface area (Å²) in [7, 11) is 0. The molecule has 1 radical (unpaired) electrons. The van der Waals surface area contributed by atoms with E-state index in [1.165, 1.54) is 11.3 Å². The van der Waals surface area contributed by atoms with Crippen molar-refractivity contribution >= 4 is 16.3 Å². The number of thiophene rings is 1. The molecule has 4 heteroatoms. The highest BCUT2D eigenvalue weighted by molar-refractivity contribution is 7.16. The van der Waals surface area contributed by atoms with Crippen molar-refractivity contribution in [3.63, 3.8) is 0 Å². The summed E-state index contributed by atoms with van der Waals surface area (Å²) < 4.78 is 25.9. The van der Waals surface area contributed by atoms with Gasteiger partial charge in [0, 0.05) is 23.8 Å². The third-order valence-electron chi connectivity index (χ3n) is 2.30. The summed E-state index contributed by atoms with van der Waals surface area (Å²) in [5.74, 6) is -2.50. The first-order valence-corrected chi connectivity index (χ1v) is 5.06.